The largest absolute Gasteiger partial charge is 0.352 e. The van der Waals surface area contributed by atoms with Crippen molar-refractivity contribution in [2.45, 2.75) is 38.6 Å². The molecule has 1 aromatic rings. The van der Waals surface area contributed by atoms with Gasteiger partial charge in [0, 0.05) is 17.3 Å². The van der Waals surface area contributed by atoms with Crippen molar-refractivity contribution in [1.82, 2.24) is 5.32 Å². The second-order valence-electron chi connectivity index (χ2n) is 5.85. The van der Waals surface area contributed by atoms with E-state index in [0.717, 1.165) is 18.2 Å². The fraction of sp³-hybridized carbons (Fsp3) is 0.562. The minimum Gasteiger partial charge on any atom is -0.352 e. The zero-order valence-corrected chi connectivity index (χ0v) is 13.2. The molecule has 0 spiro atoms. The predicted molar refractivity (Wildman–Crippen MR) is 82.5 cm³/mol. The van der Waals surface area contributed by atoms with E-state index in [1.807, 2.05) is 18.2 Å². The number of carbonyl (C=O) groups excluding carboxylic acids is 1. The third-order valence-corrected chi connectivity index (χ3v) is 4.43. The molecule has 19 heavy (non-hydrogen) atoms. The number of halogens is 1. The van der Waals surface area contributed by atoms with Crippen LogP contribution in [0, 0.1) is 11.8 Å². The van der Waals surface area contributed by atoms with Gasteiger partial charge < -0.3 is 5.32 Å². The number of hydrogen-bond donors (Lipinski definition) is 1. The van der Waals surface area contributed by atoms with Crippen molar-refractivity contribution in [3.05, 3.63) is 35.9 Å². The molecule has 0 aliphatic heterocycles. The Bertz CT molecular complexity index is 418. The van der Waals surface area contributed by atoms with E-state index in [0.29, 0.717) is 11.8 Å². The van der Waals surface area contributed by atoms with E-state index in [9.17, 15) is 4.79 Å². The molecule has 1 amide bonds. The van der Waals surface area contributed by atoms with Crippen LogP contribution in [0.3, 0.4) is 0 Å². The van der Waals surface area contributed by atoms with Crippen molar-refractivity contribution in [3.8, 4) is 0 Å². The maximum atomic E-state index is 12.2. The first-order valence-electron chi connectivity index (χ1n) is 7.03. The van der Waals surface area contributed by atoms with Crippen LogP contribution in [0.1, 0.15) is 38.2 Å². The van der Waals surface area contributed by atoms with Gasteiger partial charge in [-0.15, -0.1) is 0 Å². The molecule has 104 valence electrons. The Morgan fingerprint density at radius 2 is 2.05 bits per heavy atom. The summed E-state index contributed by atoms with van der Waals surface area (Å²) in [6.07, 6.45) is 2.02. The molecule has 0 aromatic heterocycles. The van der Waals surface area contributed by atoms with E-state index in [4.69, 9.17) is 0 Å². The summed E-state index contributed by atoms with van der Waals surface area (Å²) in [7, 11) is 0. The van der Waals surface area contributed by atoms with Crippen molar-refractivity contribution in [1.29, 1.82) is 0 Å². The van der Waals surface area contributed by atoms with Crippen molar-refractivity contribution < 1.29 is 4.79 Å². The average molecular weight is 324 g/mol. The smallest absolute Gasteiger partial charge is 0.223 e. The number of alkyl halides is 1. The summed E-state index contributed by atoms with van der Waals surface area (Å²) in [5.74, 6) is 1.43. The zero-order valence-electron chi connectivity index (χ0n) is 11.6. The Balaban J connectivity index is 1.85. The highest BCUT2D eigenvalue weighted by Crippen LogP contribution is 2.47. The molecule has 2 nitrogen and oxygen atoms in total. The molecular weight excluding hydrogens is 302 g/mol. The van der Waals surface area contributed by atoms with Crippen LogP contribution in [0.15, 0.2) is 30.3 Å². The van der Waals surface area contributed by atoms with Crippen molar-refractivity contribution >= 4 is 21.8 Å². The second-order valence-corrected chi connectivity index (χ2v) is 6.50. The number of amides is 1. The SMILES string of the molecule is CC(C)CC(CBr)NC(=O)C1CC1c1ccccc1. The quantitative estimate of drug-likeness (QED) is 0.794. The molecule has 2 rings (SSSR count). The van der Waals surface area contributed by atoms with Crippen LogP contribution in [0.4, 0.5) is 0 Å². The highest BCUT2D eigenvalue weighted by atomic mass is 79.9. The molecule has 1 fully saturated rings. The number of rotatable bonds is 6. The lowest BCUT2D eigenvalue weighted by molar-refractivity contribution is -0.123. The van der Waals surface area contributed by atoms with Crippen LogP contribution in [0.5, 0.6) is 0 Å². The average Bonchev–Trinajstić information content (AvgIpc) is 3.18. The third-order valence-electron chi connectivity index (χ3n) is 3.64. The van der Waals surface area contributed by atoms with Gasteiger partial charge in [-0.05, 0) is 30.2 Å². The lowest BCUT2D eigenvalue weighted by Gasteiger charge is -2.18. The fourth-order valence-electron chi connectivity index (χ4n) is 2.59. The summed E-state index contributed by atoms with van der Waals surface area (Å²) in [5.41, 5.74) is 1.29. The third kappa shape index (κ3) is 4.07. The summed E-state index contributed by atoms with van der Waals surface area (Å²) >= 11 is 3.49. The summed E-state index contributed by atoms with van der Waals surface area (Å²) in [6.45, 7) is 4.37. The summed E-state index contributed by atoms with van der Waals surface area (Å²) in [6, 6.07) is 10.6. The molecule has 1 N–H and O–H groups in total. The maximum Gasteiger partial charge on any atom is 0.223 e. The second kappa shape index (κ2) is 6.56. The van der Waals surface area contributed by atoms with Crippen molar-refractivity contribution in [2.24, 2.45) is 11.8 Å². The monoisotopic (exact) mass is 323 g/mol. The predicted octanol–water partition coefficient (Wildman–Crippen LogP) is 3.72. The van der Waals surface area contributed by atoms with Gasteiger partial charge in [0.15, 0.2) is 0 Å². The van der Waals surface area contributed by atoms with E-state index in [1.165, 1.54) is 5.56 Å². The van der Waals surface area contributed by atoms with Gasteiger partial charge in [0.05, 0.1) is 0 Å². The Hall–Kier alpha value is -0.830. The molecule has 1 saturated carbocycles. The molecule has 1 aromatic carbocycles. The van der Waals surface area contributed by atoms with Crippen LogP contribution >= 0.6 is 15.9 Å². The Kier molecular flexibility index (Phi) is 5.03. The molecule has 0 saturated heterocycles. The Morgan fingerprint density at radius 1 is 1.37 bits per heavy atom. The Labute approximate surface area is 124 Å². The molecular formula is C16H22BrNO. The van der Waals surface area contributed by atoms with E-state index in [-0.39, 0.29) is 17.9 Å². The van der Waals surface area contributed by atoms with Gasteiger partial charge in [0.25, 0.3) is 0 Å². The molecule has 0 bridgehead atoms. The number of hydrogen-bond acceptors (Lipinski definition) is 1. The molecule has 0 radical (unpaired) electrons. The number of carbonyl (C=O) groups is 1. The molecule has 3 heteroatoms. The summed E-state index contributed by atoms with van der Waals surface area (Å²) in [4.78, 5) is 12.2. The molecule has 1 aliphatic carbocycles. The van der Waals surface area contributed by atoms with E-state index < -0.39 is 0 Å². The minimum atomic E-state index is 0.177. The van der Waals surface area contributed by atoms with Gasteiger partial charge >= 0.3 is 0 Å². The lowest BCUT2D eigenvalue weighted by atomic mass is 10.0. The van der Waals surface area contributed by atoms with Crippen molar-refractivity contribution in [3.63, 3.8) is 0 Å². The highest BCUT2D eigenvalue weighted by molar-refractivity contribution is 9.09. The zero-order chi connectivity index (χ0) is 13.8. The first-order valence-corrected chi connectivity index (χ1v) is 8.15. The van der Waals surface area contributed by atoms with E-state index >= 15 is 0 Å². The van der Waals surface area contributed by atoms with Crippen molar-refractivity contribution in [2.75, 3.05) is 5.33 Å². The standard InChI is InChI=1S/C16H22BrNO/c1-11(2)8-13(10-17)18-16(19)15-9-14(15)12-6-4-3-5-7-12/h3-7,11,13-15H,8-10H2,1-2H3,(H,18,19). The normalized spacial score (nSPS) is 23.2. The molecule has 0 heterocycles. The summed E-state index contributed by atoms with van der Waals surface area (Å²) < 4.78 is 0. The highest BCUT2D eigenvalue weighted by Gasteiger charge is 2.44. The minimum absolute atomic E-state index is 0.177. The van der Waals surface area contributed by atoms with Crippen LogP contribution in [0.2, 0.25) is 0 Å². The van der Waals surface area contributed by atoms with E-state index in [1.54, 1.807) is 0 Å². The maximum absolute atomic E-state index is 12.2. The molecule has 3 atom stereocenters. The first-order chi connectivity index (χ1) is 9.11. The van der Waals surface area contributed by atoms with E-state index in [2.05, 4.69) is 47.2 Å². The van der Waals surface area contributed by atoms with Gasteiger partial charge in [-0.3, -0.25) is 4.79 Å². The van der Waals surface area contributed by atoms with Crippen LogP contribution in [-0.2, 0) is 4.79 Å². The fourth-order valence-corrected chi connectivity index (χ4v) is 3.02. The van der Waals surface area contributed by atoms with Gasteiger partial charge in [0.1, 0.15) is 0 Å². The van der Waals surface area contributed by atoms with Crippen LogP contribution < -0.4 is 5.32 Å². The number of nitrogens with one attached hydrogen (secondary N) is 1. The van der Waals surface area contributed by atoms with Crippen LogP contribution in [0.25, 0.3) is 0 Å². The summed E-state index contributed by atoms with van der Waals surface area (Å²) in [5, 5.41) is 4.01. The first kappa shape index (κ1) is 14.6. The van der Waals surface area contributed by atoms with Crippen LogP contribution in [-0.4, -0.2) is 17.3 Å². The van der Waals surface area contributed by atoms with Gasteiger partial charge in [-0.25, -0.2) is 0 Å². The topological polar surface area (TPSA) is 29.1 Å². The molecule has 3 unspecified atom stereocenters. The number of benzene rings is 1. The Morgan fingerprint density at radius 3 is 2.63 bits per heavy atom. The lowest BCUT2D eigenvalue weighted by Crippen LogP contribution is -2.38. The van der Waals surface area contributed by atoms with Gasteiger partial charge in [-0.1, -0.05) is 60.1 Å². The van der Waals surface area contributed by atoms with Gasteiger partial charge in [-0.2, -0.15) is 0 Å². The molecule has 1 aliphatic rings. The van der Waals surface area contributed by atoms with Gasteiger partial charge in [0.2, 0.25) is 5.91 Å².